The third kappa shape index (κ3) is 3.69. The van der Waals surface area contributed by atoms with Crippen LogP contribution in [0.5, 0.6) is 5.75 Å². The van der Waals surface area contributed by atoms with Gasteiger partial charge in [-0.3, -0.25) is 4.79 Å². The number of ether oxygens (including phenoxy) is 1. The van der Waals surface area contributed by atoms with Gasteiger partial charge in [-0.15, -0.1) is 0 Å². The molecule has 0 heterocycles. The van der Waals surface area contributed by atoms with Crippen molar-refractivity contribution >= 4 is 11.9 Å². The molecule has 5 nitrogen and oxygen atoms in total. The average molecular weight is 283 g/mol. The molecule has 0 unspecified atom stereocenters. The second-order valence-electron chi connectivity index (χ2n) is 5.46. The Kier molecular flexibility index (Phi) is 4.70. The van der Waals surface area contributed by atoms with Gasteiger partial charge in [0.2, 0.25) is 0 Å². The van der Waals surface area contributed by atoms with Gasteiger partial charge < -0.3 is 15.2 Å². The van der Waals surface area contributed by atoms with Crippen LogP contribution in [0.2, 0.25) is 0 Å². The van der Waals surface area contributed by atoms with Gasteiger partial charge in [0.05, 0.1) is 7.11 Å². The minimum atomic E-state index is -1.14. The summed E-state index contributed by atoms with van der Waals surface area (Å²) in [6.45, 7) is 5.09. The molecular formula is C14H18FNO4. The van der Waals surface area contributed by atoms with Gasteiger partial charge >= 0.3 is 5.97 Å². The van der Waals surface area contributed by atoms with Crippen molar-refractivity contribution in [3.63, 3.8) is 0 Å². The molecule has 0 aliphatic heterocycles. The van der Waals surface area contributed by atoms with Crippen LogP contribution in [0, 0.1) is 11.2 Å². The van der Waals surface area contributed by atoms with E-state index in [4.69, 9.17) is 9.84 Å². The van der Waals surface area contributed by atoms with Gasteiger partial charge in [-0.25, -0.2) is 9.18 Å². The van der Waals surface area contributed by atoms with E-state index in [1.54, 1.807) is 20.8 Å². The number of rotatable bonds is 4. The molecule has 0 fully saturated rings. The van der Waals surface area contributed by atoms with E-state index in [2.05, 4.69) is 5.32 Å². The molecule has 0 radical (unpaired) electrons. The summed E-state index contributed by atoms with van der Waals surface area (Å²) in [6.07, 6.45) is 0. The summed E-state index contributed by atoms with van der Waals surface area (Å²) in [4.78, 5) is 23.1. The minimum absolute atomic E-state index is 0.0205. The number of carboxylic acids is 1. The summed E-state index contributed by atoms with van der Waals surface area (Å²) in [6, 6.07) is 2.63. The van der Waals surface area contributed by atoms with Crippen molar-refractivity contribution in [2.24, 2.45) is 5.41 Å². The highest BCUT2D eigenvalue weighted by Crippen LogP contribution is 2.21. The van der Waals surface area contributed by atoms with Gasteiger partial charge in [0, 0.05) is 5.56 Å². The second kappa shape index (κ2) is 5.90. The Hall–Kier alpha value is -2.11. The summed E-state index contributed by atoms with van der Waals surface area (Å²) in [5.74, 6) is -2.44. The Morgan fingerprint density at radius 3 is 2.35 bits per heavy atom. The Morgan fingerprint density at radius 2 is 1.95 bits per heavy atom. The third-order valence-corrected chi connectivity index (χ3v) is 2.80. The molecule has 1 aromatic carbocycles. The molecule has 0 spiro atoms. The van der Waals surface area contributed by atoms with Crippen LogP contribution in [0.4, 0.5) is 4.39 Å². The molecule has 6 heteroatoms. The number of benzene rings is 1. The summed E-state index contributed by atoms with van der Waals surface area (Å²) in [5, 5.41) is 11.5. The van der Waals surface area contributed by atoms with E-state index < -0.39 is 29.2 Å². The van der Waals surface area contributed by atoms with Gasteiger partial charge in [-0.1, -0.05) is 20.8 Å². The monoisotopic (exact) mass is 283 g/mol. The summed E-state index contributed by atoms with van der Waals surface area (Å²) < 4.78 is 18.3. The SMILES string of the molecule is COc1ccc(C(=O)N[C@@H](C(=O)O)C(C)(C)C)cc1F. The molecule has 1 amide bonds. The van der Waals surface area contributed by atoms with E-state index in [0.717, 1.165) is 6.07 Å². The van der Waals surface area contributed by atoms with Gasteiger partial charge in [-0.2, -0.15) is 0 Å². The van der Waals surface area contributed by atoms with Gasteiger partial charge in [0.25, 0.3) is 5.91 Å². The fourth-order valence-electron chi connectivity index (χ4n) is 1.67. The van der Waals surface area contributed by atoms with E-state index >= 15 is 0 Å². The molecule has 0 saturated heterocycles. The Bertz CT molecular complexity index is 522. The zero-order valence-electron chi connectivity index (χ0n) is 11.9. The average Bonchev–Trinajstić information content (AvgIpc) is 2.33. The lowest BCUT2D eigenvalue weighted by Crippen LogP contribution is -2.49. The predicted molar refractivity (Wildman–Crippen MR) is 71.3 cm³/mol. The summed E-state index contributed by atoms with van der Waals surface area (Å²) >= 11 is 0. The Balaban J connectivity index is 2.95. The number of methoxy groups -OCH3 is 1. The molecule has 1 aromatic rings. The van der Waals surface area contributed by atoms with Crippen molar-refractivity contribution in [2.45, 2.75) is 26.8 Å². The van der Waals surface area contributed by atoms with Crippen LogP contribution in [-0.4, -0.2) is 30.1 Å². The van der Waals surface area contributed by atoms with Crippen LogP contribution in [0.3, 0.4) is 0 Å². The Morgan fingerprint density at radius 1 is 1.35 bits per heavy atom. The first kappa shape index (κ1) is 15.9. The van der Waals surface area contributed by atoms with Crippen LogP contribution in [0.15, 0.2) is 18.2 Å². The van der Waals surface area contributed by atoms with Crippen molar-refractivity contribution < 1.29 is 23.8 Å². The first-order valence-electron chi connectivity index (χ1n) is 6.04. The topological polar surface area (TPSA) is 75.6 Å². The predicted octanol–water partition coefficient (Wildman–Crippen LogP) is 2.06. The van der Waals surface area contributed by atoms with E-state index in [1.807, 2.05) is 0 Å². The van der Waals surface area contributed by atoms with Crippen molar-refractivity contribution in [3.05, 3.63) is 29.6 Å². The minimum Gasteiger partial charge on any atom is -0.494 e. The van der Waals surface area contributed by atoms with Crippen molar-refractivity contribution in [2.75, 3.05) is 7.11 Å². The van der Waals surface area contributed by atoms with E-state index in [1.165, 1.54) is 19.2 Å². The fraction of sp³-hybridized carbons (Fsp3) is 0.429. The molecule has 1 rings (SSSR count). The lowest BCUT2D eigenvalue weighted by molar-refractivity contribution is -0.142. The van der Waals surface area contributed by atoms with Gasteiger partial charge in [-0.05, 0) is 23.6 Å². The molecule has 2 N–H and O–H groups in total. The van der Waals surface area contributed by atoms with Gasteiger partial charge in [0.15, 0.2) is 11.6 Å². The fourth-order valence-corrected chi connectivity index (χ4v) is 1.67. The highest BCUT2D eigenvalue weighted by Gasteiger charge is 2.32. The number of carbonyl (C=O) groups excluding carboxylic acids is 1. The summed E-state index contributed by atoms with van der Waals surface area (Å²) in [7, 11) is 1.32. The van der Waals surface area contributed by atoms with E-state index in [0.29, 0.717) is 0 Å². The molecule has 110 valence electrons. The van der Waals surface area contributed by atoms with Gasteiger partial charge in [0.1, 0.15) is 6.04 Å². The maximum atomic E-state index is 13.5. The number of carboxylic acid groups (broad SMARTS) is 1. The quantitative estimate of drug-likeness (QED) is 0.887. The standard InChI is InChI=1S/C14H18FNO4/c1-14(2,3)11(13(18)19)16-12(17)8-5-6-10(20-4)9(15)7-8/h5-7,11H,1-4H3,(H,16,17)(H,18,19)/t11-/m0/s1. The van der Waals surface area contributed by atoms with Crippen molar-refractivity contribution in [3.8, 4) is 5.75 Å². The molecule has 20 heavy (non-hydrogen) atoms. The normalized spacial score (nSPS) is 12.7. The number of hydrogen-bond acceptors (Lipinski definition) is 3. The highest BCUT2D eigenvalue weighted by atomic mass is 19.1. The van der Waals surface area contributed by atoms with E-state index in [-0.39, 0.29) is 11.3 Å². The largest absolute Gasteiger partial charge is 0.494 e. The van der Waals surface area contributed by atoms with Crippen molar-refractivity contribution in [1.29, 1.82) is 0 Å². The molecule has 0 bridgehead atoms. The summed E-state index contributed by atoms with van der Waals surface area (Å²) in [5.41, 5.74) is -0.620. The number of halogens is 1. The van der Waals surface area contributed by atoms with Crippen LogP contribution >= 0.6 is 0 Å². The molecule has 0 aromatic heterocycles. The van der Waals surface area contributed by atoms with Crippen LogP contribution < -0.4 is 10.1 Å². The lowest BCUT2D eigenvalue weighted by Gasteiger charge is -2.27. The zero-order chi connectivity index (χ0) is 15.5. The van der Waals surface area contributed by atoms with E-state index in [9.17, 15) is 14.0 Å². The number of carbonyl (C=O) groups is 2. The third-order valence-electron chi connectivity index (χ3n) is 2.80. The smallest absolute Gasteiger partial charge is 0.326 e. The van der Waals surface area contributed by atoms with Crippen LogP contribution in [-0.2, 0) is 4.79 Å². The molecular weight excluding hydrogens is 265 g/mol. The molecule has 0 aliphatic carbocycles. The maximum absolute atomic E-state index is 13.5. The van der Waals surface area contributed by atoms with Crippen LogP contribution in [0.1, 0.15) is 31.1 Å². The number of nitrogens with one attached hydrogen (secondary N) is 1. The molecule has 1 atom stereocenters. The number of amides is 1. The maximum Gasteiger partial charge on any atom is 0.326 e. The Labute approximate surface area is 116 Å². The highest BCUT2D eigenvalue weighted by molar-refractivity contribution is 5.96. The lowest BCUT2D eigenvalue weighted by atomic mass is 9.86. The second-order valence-corrected chi connectivity index (χ2v) is 5.46. The number of aliphatic carboxylic acids is 1. The first-order valence-corrected chi connectivity index (χ1v) is 6.04. The zero-order valence-corrected chi connectivity index (χ0v) is 11.9. The van der Waals surface area contributed by atoms with Crippen LogP contribution in [0.25, 0.3) is 0 Å². The first-order chi connectivity index (χ1) is 9.16. The molecule has 0 aliphatic rings. The van der Waals surface area contributed by atoms with Crippen molar-refractivity contribution in [1.82, 2.24) is 5.32 Å². The molecule has 0 saturated carbocycles. The number of hydrogen-bond donors (Lipinski definition) is 2.